The van der Waals surface area contributed by atoms with Crippen LogP contribution in [0.5, 0.6) is 0 Å². The van der Waals surface area contributed by atoms with Crippen molar-refractivity contribution in [2.24, 2.45) is 0 Å². The smallest absolute Gasteiger partial charge is 0.254 e. The van der Waals surface area contributed by atoms with Crippen LogP contribution in [0.4, 0.5) is 0 Å². The lowest BCUT2D eigenvalue weighted by molar-refractivity contribution is 0.0954. The lowest BCUT2D eigenvalue weighted by atomic mass is 10.1. The number of halogens is 2. The van der Waals surface area contributed by atoms with Crippen molar-refractivity contribution >= 4 is 44.3 Å². The first kappa shape index (κ1) is 15.1. The van der Waals surface area contributed by atoms with Crippen LogP contribution in [-0.4, -0.2) is 22.4 Å². The topological polar surface area (TPSA) is 57.8 Å². The first-order chi connectivity index (χ1) is 10.6. The number of pyridine rings is 1. The quantitative estimate of drug-likeness (QED) is 0.675. The molecule has 6 heteroatoms. The molecule has 0 atom stereocenters. The molecule has 22 heavy (non-hydrogen) atoms. The molecule has 0 spiro atoms. The molecule has 2 aromatic heterocycles. The minimum atomic E-state index is -0.223. The van der Waals surface area contributed by atoms with Crippen LogP contribution in [0.3, 0.4) is 0 Å². The third-order valence-electron chi connectivity index (χ3n) is 3.41. The second-order valence-corrected chi connectivity index (χ2v) is 6.13. The number of carbonyl (C=O) groups is 1. The summed E-state index contributed by atoms with van der Waals surface area (Å²) in [4.78, 5) is 19.3. The van der Waals surface area contributed by atoms with E-state index >= 15 is 0 Å². The number of amides is 1. The van der Waals surface area contributed by atoms with E-state index in [1.807, 2.05) is 24.4 Å². The number of carbonyl (C=O) groups excluding carboxylic acids is 1. The highest BCUT2D eigenvalue weighted by molar-refractivity contribution is 9.10. The first-order valence-corrected chi connectivity index (χ1v) is 7.96. The van der Waals surface area contributed by atoms with Gasteiger partial charge in [-0.25, -0.2) is 4.98 Å². The van der Waals surface area contributed by atoms with E-state index in [0.29, 0.717) is 12.1 Å². The van der Waals surface area contributed by atoms with Crippen LogP contribution in [0.1, 0.15) is 15.9 Å². The van der Waals surface area contributed by atoms with Crippen molar-refractivity contribution in [1.29, 1.82) is 0 Å². The largest absolute Gasteiger partial charge is 0.361 e. The fourth-order valence-electron chi connectivity index (χ4n) is 2.33. The van der Waals surface area contributed by atoms with Crippen molar-refractivity contribution < 1.29 is 4.79 Å². The number of nitrogens with one attached hydrogen (secondary N) is 2. The maximum atomic E-state index is 12.1. The summed E-state index contributed by atoms with van der Waals surface area (Å²) in [7, 11) is 0. The zero-order chi connectivity index (χ0) is 15.5. The molecule has 2 heterocycles. The molecule has 0 saturated carbocycles. The molecule has 0 bridgehead atoms. The zero-order valence-corrected chi connectivity index (χ0v) is 13.9. The van der Waals surface area contributed by atoms with E-state index in [1.165, 1.54) is 10.9 Å². The van der Waals surface area contributed by atoms with Gasteiger partial charge in [0.2, 0.25) is 0 Å². The molecule has 3 rings (SSSR count). The van der Waals surface area contributed by atoms with E-state index in [-0.39, 0.29) is 11.1 Å². The van der Waals surface area contributed by atoms with Crippen LogP contribution < -0.4 is 5.32 Å². The van der Waals surface area contributed by atoms with Crippen molar-refractivity contribution in [3.8, 4) is 0 Å². The predicted molar refractivity (Wildman–Crippen MR) is 91.3 cm³/mol. The number of para-hydroxylation sites is 1. The van der Waals surface area contributed by atoms with E-state index in [2.05, 4.69) is 37.3 Å². The summed E-state index contributed by atoms with van der Waals surface area (Å²) in [6.45, 7) is 0.531. The van der Waals surface area contributed by atoms with Crippen molar-refractivity contribution in [2.45, 2.75) is 6.42 Å². The summed E-state index contributed by atoms with van der Waals surface area (Å²) in [6, 6.07) is 9.76. The van der Waals surface area contributed by atoms with Crippen molar-refractivity contribution in [3.63, 3.8) is 0 Å². The second kappa shape index (κ2) is 6.50. The molecule has 1 aromatic carbocycles. The highest BCUT2D eigenvalue weighted by Gasteiger charge is 2.12. The number of rotatable bonds is 4. The Morgan fingerprint density at radius 2 is 2.18 bits per heavy atom. The minimum absolute atomic E-state index is 0.202. The van der Waals surface area contributed by atoms with Crippen LogP contribution in [0.2, 0.25) is 5.15 Å². The van der Waals surface area contributed by atoms with Gasteiger partial charge in [0, 0.05) is 34.3 Å². The highest BCUT2D eigenvalue weighted by atomic mass is 79.9. The Morgan fingerprint density at radius 1 is 1.36 bits per heavy atom. The molecular formula is C16H13BrClN3O. The fourth-order valence-corrected chi connectivity index (χ4v) is 2.85. The number of benzene rings is 1. The normalized spacial score (nSPS) is 10.8. The fraction of sp³-hybridized carbons (Fsp3) is 0.125. The number of H-pyrrole nitrogens is 1. The lowest BCUT2D eigenvalue weighted by Crippen LogP contribution is -2.26. The average Bonchev–Trinajstić information content (AvgIpc) is 2.93. The summed E-state index contributed by atoms with van der Waals surface area (Å²) in [5.74, 6) is -0.223. The van der Waals surface area contributed by atoms with E-state index < -0.39 is 0 Å². The van der Waals surface area contributed by atoms with E-state index in [0.717, 1.165) is 16.4 Å². The molecule has 0 aliphatic rings. The minimum Gasteiger partial charge on any atom is -0.361 e. The van der Waals surface area contributed by atoms with Gasteiger partial charge >= 0.3 is 0 Å². The van der Waals surface area contributed by atoms with Gasteiger partial charge in [-0.15, -0.1) is 0 Å². The maximum absolute atomic E-state index is 12.1. The highest BCUT2D eigenvalue weighted by Crippen LogP contribution is 2.19. The number of hydrogen-bond acceptors (Lipinski definition) is 2. The Morgan fingerprint density at radius 3 is 3.05 bits per heavy atom. The van der Waals surface area contributed by atoms with E-state index in [1.54, 1.807) is 12.3 Å². The van der Waals surface area contributed by atoms with Gasteiger partial charge in [-0.2, -0.15) is 0 Å². The zero-order valence-electron chi connectivity index (χ0n) is 11.6. The van der Waals surface area contributed by atoms with Gasteiger partial charge in [-0.3, -0.25) is 4.79 Å². The molecule has 0 aliphatic carbocycles. The standard InChI is InChI=1S/C16H13BrClN3O/c17-11-7-13(15(18)21-9-11)16(22)19-6-5-10-8-20-14-4-2-1-3-12(10)14/h1-4,7-9,20H,5-6H2,(H,19,22). The van der Waals surface area contributed by atoms with Gasteiger partial charge in [-0.1, -0.05) is 29.8 Å². The van der Waals surface area contributed by atoms with Crippen molar-refractivity contribution in [1.82, 2.24) is 15.3 Å². The van der Waals surface area contributed by atoms with Gasteiger partial charge in [0.25, 0.3) is 5.91 Å². The SMILES string of the molecule is O=C(NCCc1c[nH]c2ccccc12)c1cc(Br)cnc1Cl. The molecule has 0 unspecified atom stereocenters. The second-order valence-electron chi connectivity index (χ2n) is 4.86. The number of aromatic amines is 1. The predicted octanol–water partition coefficient (Wildman–Crippen LogP) is 3.95. The number of nitrogens with zero attached hydrogens (tertiary/aromatic N) is 1. The summed E-state index contributed by atoms with van der Waals surface area (Å²) in [5.41, 5.74) is 2.65. The van der Waals surface area contributed by atoms with Crippen LogP contribution in [-0.2, 0) is 6.42 Å². The molecular weight excluding hydrogens is 366 g/mol. The van der Waals surface area contributed by atoms with Crippen LogP contribution in [0.15, 0.2) is 47.2 Å². The molecule has 0 fully saturated rings. The molecule has 0 radical (unpaired) electrons. The molecule has 112 valence electrons. The number of aromatic nitrogens is 2. The van der Waals surface area contributed by atoms with E-state index in [9.17, 15) is 4.79 Å². The lowest BCUT2D eigenvalue weighted by Gasteiger charge is -2.06. The number of fused-ring (bicyclic) bond motifs is 1. The molecule has 4 nitrogen and oxygen atoms in total. The average molecular weight is 379 g/mol. The maximum Gasteiger partial charge on any atom is 0.254 e. The van der Waals surface area contributed by atoms with Crippen molar-refractivity contribution in [3.05, 3.63) is 63.5 Å². The summed E-state index contributed by atoms with van der Waals surface area (Å²) < 4.78 is 0.721. The van der Waals surface area contributed by atoms with Gasteiger partial charge < -0.3 is 10.3 Å². The number of hydrogen-bond donors (Lipinski definition) is 2. The first-order valence-electron chi connectivity index (χ1n) is 6.79. The molecule has 0 saturated heterocycles. The van der Waals surface area contributed by atoms with Gasteiger partial charge in [-0.05, 0) is 40.0 Å². The molecule has 0 aliphatic heterocycles. The Hall–Kier alpha value is -1.85. The van der Waals surface area contributed by atoms with Crippen LogP contribution >= 0.6 is 27.5 Å². The monoisotopic (exact) mass is 377 g/mol. The summed E-state index contributed by atoms with van der Waals surface area (Å²) in [6.07, 6.45) is 4.28. The van der Waals surface area contributed by atoms with Gasteiger partial charge in [0.1, 0.15) is 5.15 Å². The Bertz CT molecular complexity index is 831. The summed E-state index contributed by atoms with van der Waals surface area (Å²) in [5, 5.41) is 4.25. The molecule has 2 N–H and O–H groups in total. The van der Waals surface area contributed by atoms with Gasteiger partial charge in [0.15, 0.2) is 0 Å². The molecule has 3 aromatic rings. The third kappa shape index (κ3) is 3.15. The molecule has 1 amide bonds. The van der Waals surface area contributed by atoms with Crippen LogP contribution in [0, 0.1) is 0 Å². The Kier molecular flexibility index (Phi) is 4.45. The van der Waals surface area contributed by atoms with Crippen LogP contribution in [0.25, 0.3) is 10.9 Å². The Balaban J connectivity index is 1.65. The van der Waals surface area contributed by atoms with Crippen molar-refractivity contribution in [2.75, 3.05) is 6.54 Å². The third-order valence-corrected chi connectivity index (χ3v) is 4.14. The Labute approximate surface area is 141 Å². The summed E-state index contributed by atoms with van der Waals surface area (Å²) >= 11 is 9.24. The van der Waals surface area contributed by atoms with Gasteiger partial charge in [0.05, 0.1) is 5.56 Å². The van der Waals surface area contributed by atoms with E-state index in [4.69, 9.17) is 11.6 Å².